The number of rotatable bonds is 4. The van der Waals surface area contributed by atoms with Gasteiger partial charge in [-0.25, -0.2) is 9.55 Å². The van der Waals surface area contributed by atoms with Crippen LogP contribution in [0.2, 0.25) is 0 Å². The molecule has 2 aromatic heterocycles. The Kier molecular flexibility index (Phi) is 3.98. The van der Waals surface area contributed by atoms with Crippen molar-refractivity contribution in [2.75, 3.05) is 12.3 Å². The smallest absolute Gasteiger partial charge is 0.369 e. The third kappa shape index (κ3) is 3.28. The number of H-pyrrole nitrogens is 1. The molecule has 126 valence electrons. The first kappa shape index (κ1) is 16.1. The number of fused-ring (bicyclic) bond motifs is 1. The number of nitrogen functional groups attached to an aromatic ring is 1. The van der Waals surface area contributed by atoms with Crippen molar-refractivity contribution in [2.24, 2.45) is 5.92 Å². The normalized spacial score (nSPS) is 25.3. The summed E-state index contributed by atoms with van der Waals surface area (Å²) in [6.07, 6.45) is 1.00. The van der Waals surface area contributed by atoms with Gasteiger partial charge in [-0.2, -0.15) is 4.98 Å². The molecule has 12 heteroatoms. The van der Waals surface area contributed by atoms with E-state index in [1.165, 1.54) is 6.33 Å². The van der Waals surface area contributed by atoms with Crippen LogP contribution >= 0.6 is 7.82 Å². The van der Waals surface area contributed by atoms with Crippen molar-refractivity contribution >= 4 is 24.9 Å². The molecule has 0 aliphatic carbocycles. The van der Waals surface area contributed by atoms with Gasteiger partial charge in [0, 0.05) is 0 Å². The molecule has 0 bridgehead atoms. The first-order valence-corrected chi connectivity index (χ1v) is 8.35. The summed E-state index contributed by atoms with van der Waals surface area (Å²) in [6.45, 7) is 1.64. The highest BCUT2D eigenvalue weighted by atomic mass is 31.2. The number of aromatic amines is 1. The fourth-order valence-electron chi connectivity index (χ4n) is 2.57. The van der Waals surface area contributed by atoms with Gasteiger partial charge in [0.1, 0.15) is 6.23 Å². The van der Waals surface area contributed by atoms with Crippen LogP contribution in [0.1, 0.15) is 19.6 Å². The maximum absolute atomic E-state index is 11.8. The number of aromatic nitrogens is 4. The van der Waals surface area contributed by atoms with Crippen molar-refractivity contribution in [1.29, 1.82) is 0 Å². The molecule has 1 saturated heterocycles. The Balaban J connectivity index is 1.84. The van der Waals surface area contributed by atoms with Crippen LogP contribution in [-0.2, 0) is 13.8 Å². The lowest BCUT2D eigenvalue weighted by molar-refractivity contribution is -0.0273. The molecule has 11 nitrogen and oxygen atoms in total. The minimum Gasteiger partial charge on any atom is -0.369 e. The molecule has 1 aliphatic heterocycles. The second kappa shape index (κ2) is 5.69. The van der Waals surface area contributed by atoms with E-state index in [0.717, 1.165) is 0 Å². The van der Waals surface area contributed by atoms with Crippen LogP contribution in [0.5, 0.6) is 0 Å². The van der Waals surface area contributed by atoms with Crippen molar-refractivity contribution in [3.63, 3.8) is 0 Å². The van der Waals surface area contributed by atoms with Crippen LogP contribution in [0.15, 0.2) is 11.1 Å². The zero-order valence-electron chi connectivity index (χ0n) is 12.1. The zero-order chi connectivity index (χ0) is 16.8. The average Bonchev–Trinajstić information content (AvgIpc) is 2.99. The SMILES string of the molecule is CC1CC(n2cnc3c(=O)[nH]c(N)nc32)OC1COP(=O)(O)O. The monoisotopic (exact) mass is 345 g/mol. The molecule has 0 amide bonds. The van der Waals surface area contributed by atoms with E-state index in [9.17, 15) is 9.36 Å². The summed E-state index contributed by atoms with van der Waals surface area (Å²) in [7, 11) is -4.55. The first-order valence-electron chi connectivity index (χ1n) is 6.82. The van der Waals surface area contributed by atoms with Crippen LogP contribution in [-0.4, -0.2) is 42.0 Å². The van der Waals surface area contributed by atoms with Gasteiger partial charge in [-0.15, -0.1) is 0 Å². The summed E-state index contributed by atoms with van der Waals surface area (Å²) in [6, 6.07) is 0. The van der Waals surface area contributed by atoms with Gasteiger partial charge in [-0.1, -0.05) is 6.92 Å². The molecular weight excluding hydrogens is 329 g/mol. The molecule has 0 spiro atoms. The molecule has 0 saturated carbocycles. The summed E-state index contributed by atoms with van der Waals surface area (Å²) in [5, 5.41) is 0. The molecule has 0 radical (unpaired) electrons. The summed E-state index contributed by atoms with van der Waals surface area (Å²) >= 11 is 0. The Labute approximate surface area is 129 Å². The van der Waals surface area contributed by atoms with Crippen molar-refractivity contribution in [3.8, 4) is 0 Å². The van der Waals surface area contributed by atoms with Crippen LogP contribution in [0.25, 0.3) is 11.2 Å². The lowest BCUT2D eigenvalue weighted by atomic mass is 10.0. The van der Waals surface area contributed by atoms with E-state index in [1.807, 2.05) is 6.92 Å². The third-order valence-electron chi connectivity index (χ3n) is 3.71. The maximum atomic E-state index is 11.8. The van der Waals surface area contributed by atoms with Crippen molar-refractivity contribution in [1.82, 2.24) is 19.5 Å². The van der Waals surface area contributed by atoms with E-state index >= 15 is 0 Å². The van der Waals surface area contributed by atoms with E-state index < -0.39 is 25.7 Å². The Morgan fingerprint density at radius 3 is 3.04 bits per heavy atom. The molecule has 3 atom stereocenters. The van der Waals surface area contributed by atoms with Gasteiger partial charge in [0.25, 0.3) is 5.56 Å². The molecule has 1 aliphatic rings. The number of ether oxygens (including phenoxy) is 1. The van der Waals surface area contributed by atoms with Gasteiger partial charge >= 0.3 is 7.82 Å². The van der Waals surface area contributed by atoms with E-state index in [4.69, 9.17) is 20.3 Å². The van der Waals surface area contributed by atoms with Gasteiger partial charge < -0.3 is 20.3 Å². The predicted molar refractivity (Wildman–Crippen MR) is 78.2 cm³/mol. The number of anilines is 1. The standard InChI is InChI=1S/C11H16N5O6P/c1-5-2-7(22-6(5)3-21-23(18,19)20)16-4-13-8-9(16)14-11(12)15-10(8)17/h4-7H,2-3H2,1H3,(H2,18,19,20)(H3,12,14,15,17). The van der Waals surface area contributed by atoms with Crippen molar-refractivity contribution in [3.05, 3.63) is 16.7 Å². The minimum atomic E-state index is -4.55. The van der Waals surface area contributed by atoms with Crippen molar-refractivity contribution < 1.29 is 23.6 Å². The number of hydrogen-bond donors (Lipinski definition) is 4. The number of phosphoric ester groups is 1. The number of phosphoric acid groups is 1. The zero-order valence-corrected chi connectivity index (χ0v) is 13.0. The number of imidazole rings is 1. The van der Waals surface area contributed by atoms with Crippen LogP contribution in [0.4, 0.5) is 5.95 Å². The lowest BCUT2D eigenvalue weighted by Crippen LogP contribution is -2.20. The minimum absolute atomic E-state index is 0.0108. The predicted octanol–water partition coefficient (Wildman–Crippen LogP) is -0.265. The van der Waals surface area contributed by atoms with Gasteiger partial charge in [-0.3, -0.25) is 18.9 Å². The maximum Gasteiger partial charge on any atom is 0.469 e. The molecule has 0 aromatic carbocycles. The Bertz CT molecular complexity index is 828. The molecule has 3 rings (SSSR count). The fraction of sp³-hybridized carbons (Fsp3) is 0.545. The van der Waals surface area contributed by atoms with Crippen LogP contribution in [0, 0.1) is 5.92 Å². The Morgan fingerprint density at radius 1 is 1.61 bits per heavy atom. The van der Waals surface area contributed by atoms with Gasteiger partial charge in [0.15, 0.2) is 11.2 Å². The second-order valence-electron chi connectivity index (χ2n) is 5.40. The van der Waals surface area contributed by atoms with Crippen LogP contribution in [0.3, 0.4) is 0 Å². The highest BCUT2D eigenvalue weighted by molar-refractivity contribution is 7.46. The molecular formula is C11H16N5O6P. The number of hydrogen-bond acceptors (Lipinski definition) is 7. The van der Waals surface area contributed by atoms with Gasteiger partial charge in [0.2, 0.25) is 5.95 Å². The van der Waals surface area contributed by atoms with Crippen LogP contribution < -0.4 is 11.3 Å². The second-order valence-corrected chi connectivity index (χ2v) is 6.64. The number of nitrogens with zero attached hydrogens (tertiary/aromatic N) is 3. The Hall–Kier alpha value is -1.78. The number of nitrogens with two attached hydrogens (primary N) is 1. The highest BCUT2D eigenvalue weighted by Crippen LogP contribution is 2.40. The van der Waals surface area contributed by atoms with Crippen molar-refractivity contribution in [2.45, 2.75) is 25.7 Å². The molecule has 23 heavy (non-hydrogen) atoms. The third-order valence-corrected chi connectivity index (χ3v) is 4.19. The fourth-order valence-corrected chi connectivity index (χ4v) is 2.91. The largest absolute Gasteiger partial charge is 0.469 e. The highest BCUT2D eigenvalue weighted by Gasteiger charge is 2.35. The van der Waals surface area contributed by atoms with E-state index in [-0.39, 0.29) is 24.0 Å². The summed E-state index contributed by atoms with van der Waals surface area (Å²) < 4.78 is 22.6. The van der Waals surface area contributed by atoms with Gasteiger partial charge in [-0.05, 0) is 12.3 Å². The quantitative estimate of drug-likeness (QED) is 0.546. The number of nitrogens with one attached hydrogen (secondary N) is 1. The summed E-state index contributed by atoms with van der Waals surface area (Å²) in [5.41, 5.74) is 5.54. The van der Waals surface area contributed by atoms with E-state index in [1.54, 1.807) is 4.57 Å². The topological polar surface area (TPSA) is 166 Å². The summed E-state index contributed by atoms with van der Waals surface area (Å²) in [4.78, 5) is 39.7. The first-order chi connectivity index (χ1) is 10.7. The molecule has 5 N–H and O–H groups in total. The molecule has 1 fully saturated rings. The Morgan fingerprint density at radius 2 is 2.35 bits per heavy atom. The summed E-state index contributed by atoms with van der Waals surface area (Å²) in [5.74, 6) is -0.0416. The molecule has 2 aromatic rings. The lowest BCUT2D eigenvalue weighted by Gasteiger charge is -2.16. The van der Waals surface area contributed by atoms with E-state index in [0.29, 0.717) is 12.1 Å². The molecule has 3 heterocycles. The van der Waals surface area contributed by atoms with E-state index in [2.05, 4.69) is 19.5 Å². The van der Waals surface area contributed by atoms with Gasteiger partial charge in [0.05, 0.1) is 19.0 Å². The average molecular weight is 345 g/mol. The molecule has 3 unspecified atom stereocenters.